The molecule has 1 aromatic rings. The molecule has 0 bridgehead atoms. The summed E-state index contributed by atoms with van der Waals surface area (Å²) in [5, 5.41) is 0. The fraction of sp³-hybridized carbons (Fsp3) is 0.684. The summed E-state index contributed by atoms with van der Waals surface area (Å²) in [4.78, 5) is 25.7. The van der Waals surface area contributed by atoms with E-state index in [0.29, 0.717) is 24.5 Å². The number of aryl methyl sites for hydroxylation is 1. The Bertz CT molecular complexity index is 618. The number of likely N-dealkylation sites (tertiary alicyclic amines) is 1. The standard InChI is InChI=1S/C19H27NO4/c1-14-11-17(12-19(22)23-14)24-16-9-10-20(13-16)18(21)8-7-15-5-3-2-4-6-15/h11-12,15-16H,2-10,13H2,1H3. The Morgan fingerprint density at radius 2 is 2.04 bits per heavy atom. The molecule has 3 rings (SSSR count). The molecule has 132 valence electrons. The number of ether oxygens (including phenoxy) is 1. The lowest BCUT2D eigenvalue weighted by Crippen LogP contribution is -2.31. The molecule has 5 nitrogen and oxygen atoms in total. The van der Waals surface area contributed by atoms with Crippen LogP contribution in [-0.4, -0.2) is 30.0 Å². The minimum Gasteiger partial charge on any atom is -0.488 e. The van der Waals surface area contributed by atoms with Gasteiger partial charge in [0.25, 0.3) is 0 Å². The molecule has 5 heteroatoms. The van der Waals surface area contributed by atoms with Gasteiger partial charge in [0.05, 0.1) is 12.6 Å². The van der Waals surface area contributed by atoms with Crippen molar-refractivity contribution >= 4 is 5.91 Å². The average Bonchev–Trinajstić information content (AvgIpc) is 3.01. The van der Waals surface area contributed by atoms with Crippen LogP contribution in [0.5, 0.6) is 5.75 Å². The predicted octanol–water partition coefficient (Wildman–Crippen LogP) is 3.29. The van der Waals surface area contributed by atoms with Crippen molar-refractivity contribution < 1.29 is 13.9 Å². The molecule has 1 aliphatic heterocycles. The summed E-state index contributed by atoms with van der Waals surface area (Å²) >= 11 is 0. The van der Waals surface area contributed by atoms with E-state index in [4.69, 9.17) is 9.15 Å². The molecule has 24 heavy (non-hydrogen) atoms. The maximum Gasteiger partial charge on any atom is 0.339 e. The zero-order chi connectivity index (χ0) is 16.9. The Labute approximate surface area is 143 Å². The van der Waals surface area contributed by atoms with Gasteiger partial charge in [-0.25, -0.2) is 4.79 Å². The van der Waals surface area contributed by atoms with E-state index in [1.807, 2.05) is 4.90 Å². The SMILES string of the molecule is Cc1cc(OC2CCN(C(=O)CCC3CCCCC3)C2)cc(=O)o1. The number of carbonyl (C=O) groups is 1. The van der Waals surface area contributed by atoms with E-state index in [1.54, 1.807) is 13.0 Å². The molecule has 2 aliphatic rings. The van der Waals surface area contributed by atoms with Crippen LogP contribution in [0.3, 0.4) is 0 Å². The Hall–Kier alpha value is -1.78. The topological polar surface area (TPSA) is 59.8 Å². The summed E-state index contributed by atoms with van der Waals surface area (Å²) in [6.45, 7) is 3.08. The lowest BCUT2D eigenvalue weighted by molar-refractivity contribution is -0.130. The molecule has 1 aliphatic carbocycles. The monoisotopic (exact) mass is 333 g/mol. The first kappa shape index (κ1) is 17.1. The van der Waals surface area contributed by atoms with Gasteiger partial charge in [0.1, 0.15) is 17.6 Å². The van der Waals surface area contributed by atoms with Gasteiger partial charge in [0.2, 0.25) is 5.91 Å². The molecule has 0 radical (unpaired) electrons. The quantitative estimate of drug-likeness (QED) is 0.829. The van der Waals surface area contributed by atoms with Crippen molar-refractivity contribution in [2.45, 2.75) is 64.4 Å². The van der Waals surface area contributed by atoms with Gasteiger partial charge in [0, 0.05) is 25.5 Å². The number of hydrogen-bond acceptors (Lipinski definition) is 4. The molecule has 1 atom stereocenters. The Balaban J connectivity index is 1.45. The lowest BCUT2D eigenvalue weighted by atomic mass is 9.86. The first-order chi connectivity index (χ1) is 11.6. The second-order valence-corrected chi connectivity index (χ2v) is 7.13. The van der Waals surface area contributed by atoms with Crippen LogP contribution in [0.2, 0.25) is 0 Å². The summed E-state index contributed by atoms with van der Waals surface area (Å²) in [7, 11) is 0. The van der Waals surface area contributed by atoms with Crippen molar-refractivity contribution in [3.63, 3.8) is 0 Å². The molecule has 0 spiro atoms. The highest BCUT2D eigenvalue weighted by Gasteiger charge is 2.28. The second kappa shape index (κ2) is 7.86. The van der Waals surface area contributed by atoms with E-state index >= 15 is 0 Å². The van der Waals surface area contributed by atoms with Gasteiger partial charge >= 0.3 is 5.63 Å². The lowest BCUT2D eigenvalue weighted by Gasteiger charge is -2.23. The normalized spacial score (nSPS) is 21.9. The Kier molecular flexibility index (Phi) is 5.59. The predicted molar refractivity (Wildman–Crippen MR) is 91.1 cm³/mol. The highest BCUT2D eigenvalue weighted by atomic mass is 16.5. The average molecular weight is 333 g/mol. The number of carbonyl (C=O) groups excluding carboxylic acids is 1. The van der Waals surface area contributed by atoms with Gasteiger partial charge < -0.3 is 14.1 Å². The van der Waals surface area contributed by atoms with Crippen LogP contribution in [0.25, 0.3) is 0 Å². The minimum atomic E-state index is -0.400. The van der Waals surface area contributed by atoms with E-state index in [9.17, 15) is 9.59 Å². The summed E-state index contributed by atoms with van der Waals surface area (Å²) in [5.41, 5.74) is -0.400. The van der Waals surface area contributed by atoms with Crippen molar-refractivity contribution in [1.82, 2.24) is 4.90 Å². The molecule has 0 aromatic carbocycles. The van der Waals surface area contributed by atoms with Crippen molar-refractivity contribution in [3.8, 4) is 5.75 Å². The number of nitrogens with zero attached hydrogens (tertiary/aromatic N) is 1. The summed E-state index contributed by atoms with van der Waals surface area (Å²) < 4.78 is 10.8. The molecule has 1 saturated heterocycles. The van der Waals surface area contributed by atoms with E-state index < -0.39 is 5.63 Å². The van der Waals surface area contributed by atoms with Crippen LogP contribution >= 0.6 is 0 Å². The van der Waals surface area contributed by atoms with Gasteiger partial charge in [-0.2, -0.15) is 0 Å². The molecule has 1 saturated carbocycles. The number of rotatable bonds is 5. The van der Waals surface area contributed by atoms with Gasteiger partial charge in [-0.1, -0.05) is 32.1 Å². The maximum atomic E-state index is 12.4. The van der Waals surface area contributed by atoms with Crippen molar-refractivity contribution in [3.05, 3.63) is 28.3 Å². The van der Waals surface area contributed by atoms with Crippen LogP contribution in [-0.2, 0) is 4.79 Å². The van der Waals surface area contributed by atoms with E-state index in [1.165, 1.54) is 38.2 Å². The van der Waals surface area contributed by atoms with E-state index in [-0.39, 0.29) is 12.0 Å². The summed E-state index contributed by atoms with van der Waals surface area (Å²) in [6.07, 6.45) is 9.03. The minimum absolute atomic E-state index is 0.0372. The maximum absolute atomic E-state index is 12.4. The zero-order valence-electron chi connectivity index (χ0n) is 14.5. The van der Waals surface area contributed by atoms with Crippen molar-refractivity contribution in [1.29, 1.82) is 0 Å². The highest BCUT2D eigenvalue weighted by molar-refractivity contribution is 5.76. The molecular weight excluding hydrogens is 306 g/mol. The third-order valence-corrected chi connectivity index (χ3v) is 5.16. The van der Waals surface area contributed by atoms with Crippen LogP contribution in [0.1, 0.15) is 57.1 Å². The summed E-state index contributed by atoms with van der Waals surface area (Å²) in [6, 6.07) is 3.08. The number of amides is 1. The summed E-state index contributed by atoms with van der Waals surface area (Å²) in [5.74, 6) is 2.06. The van der Waals surface area contributed by atoms with Crippen molar-refractivity contribution in [2.24, 2.45) is 5.92 Å². The molecule has 2 heterocycles. The van der Waals surface area contributed by atoms with Crippen molar-refractivity contribution in [2.75, 3.05) is 13.1 Å². The fourth-order valence-electron chi connectivity index (χ4n) is 3.85. The van der Waals surface area contributed by atoms with Crippen LogP contribution in [0.15, 0.2) is 21.3 Å². The van der Waals surface area contributed by atoms with Gasteiger partial charge in [-0.05, 0) is 19.3 Å². The highest BCUT2D eigenvalue weighted by Crippen LogP contribution is 2.28. The van der Waals surface area contributed by atoms with E-state index in [0.717, 1.165) is 25.3 Å². The molecule has 1 unspecified atom stereocenters. The Morgan fingerprint density at radius 3 is 2.79 bits per heavy atom. The molecule has 1 amide bonds. The first-order valence-corrected chi connectivity index (χ1v) is 9.16. The number of hydrogen-bond donors (Lipinski definition) is 0. The first-order valence-electron chi connectivity index (χ1n) is 9.16. The molecular formula is C19H27NO4. The second-order valence-electron chi connectivity index (χ2n) is 7.13. The largest absolute Gasteiger partial charge is 0.488 e. The van der Waals surface area contributed by atoms with Gasteiger partial charge in [0.15, 0.2) is 0 Å². The molecule has 2 fully saturated rings. The van der Waals surface area contributed by atoms with Gasteiger partial charge in [-0.15, -0.1) is 0 Å². The van der Waals surface area contributed by atoms with Gasteiger partial charge in [-0.3, -0.25) is 4.79 Å². The van der Waals surface area contributed by atoms with Crippen LogP contribution < -0.4 is 10.4 Å². The van der Waals surface area contributed by atoms with Crippen LogP contribution in [0.4, 0.5) is 0 Å². The molecule has 0 N–H and O–H groups in total. The van der Waals surface area contributed by atoms with E-state index in [2.05, 4.69) is 0 Å². The third-order valence-electron chi connectivity index (χ3n) is 5.16. The van der Waals surface area contributed by atoms with Crippen LogP contribution in [0, 0.1) is 12.8 Å². The Morgan fingerprint density at radius 1 is 1.25 bits per heavy atom. The fourth-order valence-corrected chi connectivity index (χ4v) is 3.85. The third kappa shape index (κ3) is 4.62. The molecule has 1 aromatic heterocycles. The smallest absolute Gasteiger partial charge is 0.339 e. The zero-order valence-corrected chi connectivity index (χ0v) is 14.5.